The van der Waals surface area contributed by atoms with Crippen LogP contribution in [-0.2, 0) is 32.1 Å². The van der Waals surface area contributed by atoms with Crippen molar-refractivity contribution in [3.63, 3.8) is 0 Å². The first-order valence-corrected chi connectivity index (χ1v) is 8.06. The van der Waals surface area contributed by atoms with E-state index >= 15 is 0 Å². The SMILES string of the molecule is O=C1CCCc2c3ccc(c21)CCc1ccc(cc1)CC3. The van der Waals surface area contributed by atoms with Crippen LogP contribution in [0.25, 0.3) is 0 Å². The predicted molar refractivity (Wildman–Crippen MR) is 85.0 cm³/mol. The van der Waals surface area contributed by atoms with Crippen LogP contribution in [0.5, 0.6) is 0 Å². The molecule has 2 aromatic rings. The van der Waals surface area contributed by atoms with E-state index in [-0.39, 0.29) is 0 Å². The van der Waals surface area contributed by atoms with Gasteiger partial charge in [0.05, 0.1) is 0 Å². The Labute approximate surface area is 126 Å². The van der Waals surface area contributed by atoms with Gasteiger partial charge >= 0.3 is 0 Å². The van der Waals surface area contributed by atoms with Crippen LogP contribution in [0.2, 0.25) is 0 Å². The van der Waals surface area contributed by atoms with Gasteiger partial charge < -0.3 is 0 Å². The van der Waals surface area contributed by atoms with Gasteiger partial charge in [-0.1, -0.05) is 36.4 Å². The summed E-state index contributed by atoms with van der Waals surface area (Å²) in [5, 5.41) is 0. The first kappa shape index (κ1) is 12.8. The molecule has 5 aliphatic carbocycles. The Morgan fingerprint density at radius 1 is 0.619 bits per heavy atom. The Morgan fingerprint density at radius 3 is 1.95 bits per heavy atom. The van der Waals surface area contributed by atoms with Crippen LogP contribution in [0.15, 0.2) is 36.4 Å². The lowest BCUT2D eigenvalue weighted by Gasteiger charge is -2.23. The summed E-state index contributed by atoms with van der Waals surface area (Å²) in [5.41, 5.74) is 7.88. The van der Waals surface area contributed by atoms with E-state index in [9.17, 15) is 4.79 Å². The highest BCUT2D eigenvalue weighted by molar-refractivity contribution is 6.00. The number of hydrogen-bond donors (Lipinski definition) is 0. The molecule has 0 heterocycles. The number of Topliss-reactive ketones (excluding diaryl/α,β-unsaturated/α-hetero) is 1. The molecule has 106 valence electrons. The van der Waals surface area contributed by atoms with Gasteiger partial charge in [0.15, 0.2) is 5.78 Å². The average Bonchev–Trinajstić information content (AvgIpc) is 2.50. The Hall–Kier alpha value is -1.89. The topological polar surface area (TPSA) is 17.1 Å². The fraction of sp³-hybridized carbons (Fsp3) is 0.350. The van der Waals surface area contributed by atoms with E-state index < -0.39 is 0 Å². The molecule has 0 saturated carbocycles. The largest absolute Gasteiger partial charge is 0.294 e. The molecule has 2 aromatic carbocycles. The summed E-state index contributed by atoms with van der Waals surface area (Å²) in [6, 6.07) is 13.5. The van der Waals surface area contributed by atoms with Crippen molar-refractivity contribution in [2.24, 2.45) is 0 Å². The zero-order valence-electron chi connectivity index (χ0n) is 12.3. The van der Waals surface area contributed by atoms with E-state index in [1.54, 1.807) is 0 Å². The molecule has 0 radical (unpaired) electrons. The van der Waals surface area contributed by atoms with Crippen LogP contribution in [-0.4, -0.2) is 5.78 Å². The minimum Gasteiger partial charge on any atom is -0.294 e. The molecule has 1 heteroatoms. The summed E-state index contributed by atoms with van der Waals surface area (Å²) in [6.45, 7) is 0. The fourth-order valence-electron chi connectivity index (χ4n) is 3.80. The van der Waals surface area contributed by atoms with Crippen LogP contribution < -0.4 is 0 Å². The number of hydrogen-bond acceptors (Lipinski definition) is 1. The summed E-state index contributed by atoms with van der Waals surface area (Å²) >= 11 is 0. The first-order valence-electron chi connectivity index (χ1n) is 8.06. The fourth-order valence-corrected chi connectivity index (χ4v) is 3.80. The van der Waals surface area contributed by atoms with Gasteiger partial charge in [0.1, 0.15) is 0 Å². The molecule has 0 unspecified atom stereocenters. The van der Waals surface area contributed by atoms with E-state index in [4.69, 9.17) is 0 Å². The molecule has 5 aliphatic rings. The molecule has 1 nitrogen and oxygen atoms in total. The molecular formula is C20H20O. The van der Waals surface area contributed by atoms with Crippen LogP contribution in [0.3, 0.4) is 0 Å². The molecule has 0 N–H and O–H groups in total. The van der Waals surface area contributed by atoms with Crippen molar-refractivity contribution >= 4 is 5.78 Å². The van der Waals surface area contributed by atoms with Crippen LogP contribution in [0.4, 0.5) is 0 Å². The second-order valence-electron chi connectivity index (χ2n) is 6.33. The third-order valence-electron chi connectivity index (χ3n) is 4.99. The maximum Gasteiger partial charge on any atom is 0.163 e. The van der Waals surface area contributed by atoms with E-state index in [1.165, 1.54) is 27.8 Å². The third-order valence-corrected chi connectivity index (χ3v) is 4.99. The summed E-state index contributed by atoms with van der Waals surface area (Å²) < 4.78 is 0. The highest BCUT2D eigenvalue weighted by Crippen LogP contribution is 2.30. The summed E-state index contributed by atoms with van der Waals surface area (Å²) in [7, 11) is 0. The minimum atomic E-state index is 0.374. The zero-order chi connectivity index (χ0) is 14.2. The van der Waals surface area contributed by atoms with Gasteiger partial charge in [-0.05, 0) is 66.3 Å². The van der Waals surface area contributed by atoms with Crippen molar-refractivity contribution in [1.82, 2.24) is 0 Å². The van der Waals surface area contributed by atoms with E-state index in [0.29, 0.717) is 5.78 Å². The van der Waals surface area contributed by atoms with Gasteiger partial charge in [0.2, 0.25) is 0 Å². The van der Waals surface area contributed by atoms with Gasteiger partial charge in [0.25, 0.3) is 0 Å². The molecule has 0 fully saturated rings. The molecule has 0 aliphatic heterocycles. The quantitative estimate of drug-likeness (QED) is 0.708. The molecular weight excluding hydrogens is 256 g/mol. The Kier molecular flexibility index (Phi) is 3.14. The molecule has 0 atom stereocenters. The molecule has 21 heavy (non-hydrogen) atoms. The molecule has 0 aromatic heterocycles. The van der Waals surface area contributed by atoms with E-state index in [1.807, 2.05) is 0 Å². The molecule has 7 rings (SSSR count). The lowest BCUT2D eigenvalue weighted by atomic mass is 9.81. The van der Waals surface area contributed by atoms with Crippen molar-refractivity contribution in [3.8, 4) is 0 Å². The molecule has 0 saturated heterocycles. The van der Waals surface area contributed by atoms with Gasteiger partial charge in [-0.2, -0.15) is 0 Å². The van der Waals surface area contributed by atoms with Crippen molar-refractivity contribution in [2.75, 3.05) is 0 Å². The number of rotatable bonds is 0. The Bertz CT molecular complexity index is 695. The van der Waals surface area contributed by atoms with Crippen molar-refractivity contribution in [2.45, 2.75) is 44.9 Å². The minimum absolute atomic E-state index is 0.374. The first-order chi connectivity index (χ1) is 10.3. The highest BCUT2D eigenvalue weighted by atomic mass is 16.1. The van der Waals surface area contributed by atoms with Crippen molar-refractivity contribution in [1.29, 1.82) is 0 Å². The van der Waals surface area contributed by atoms with Crippen LogP contribution >= 0.6 is 0 Å². The monoisotopic (exact) mass is 276 g/mol. The molecule has 4 bridgehead atoms. The summed E-state index contributed by atoms with van der Waals surface area (Å²) in [5.74, 6) is 0.374. The Morgan fingerprint density at radius 2 is 1.24 bits per heavy atom. The highest BCUT2D eigenvalue weighted by Gasteiger charge is 2.23. The number of ketones is 1. The number of carbonyl (C=O) groups is 1. The third kappa shape index (κ3) is 2.31. The lowest BCUT2D eigenvalue weighted by molar-refractivity contribution is 0.0971. The normalized spacial score (nSPS) is 17.2. The van der Waals surface area contributed by atoms with E-state index in [0.717, 1.165) is 50.5 Å². The summed E-state index contributed by atoms with van der Waals surface area (Å²) in [4.78, 5) is 12.4. The predicted octanol–water partition coefficient (Wildman–Crippen LogP) is 4.09. The second-order valence-corrected chi connectivity index (χ2v) is 6.33. The smallest absolute Gasteiger partial charge is 0.163 e. The maximum absolute atomic E-state index is 12.4. The second kappa shape index (κ2) is 5.14. The number of aryl methyl sites for hydroxylation is 4. The molecule has 0 amide bonds. The Balaban J connectivity index is 1.84. The molecule has 0 spiro atoms. The number of carbonyl (C=O) groups excluding carboxylic acids is 1. The van der Waals surface area contributed by atoms with Crippen molar-refractivity contribution in [3.05, 3.63) is 69.8 Å². The lowest BCUT2D eigenvalue weighted by Crippen LogP contribution is -2.17. The van der Waals surface area contributed by atoms with Gasteiger partial charge in [-0.3, -0.25) is 4.79 Å². The maximum atomic E-state index is 12.4. The summed E-state index contributed by atoms with van der Waals surface area (Å²) in [6.07, 6.45) is 6.97. The van der Waals surface area contributed by atoms with Gasteiger partial charge in [0, 0.05) is 12.0 Å². The number of benzene rings is 2. The van der Waals surface area contributed by atoms with Crippen molar-refractivity contribution < 1.29 is 4.79 Å². The van der Waals surface area contributed by atoms with Crippen LogP contribution in [0, 0.1) is 0 Å². The van der Waals surface area contributed by atoms with E-state index in [2.05, 4.69) is 36.4 Å². The van der Waals surface area contributed by atoms with Gasteiger partial charge in [-0.25, -0.2) is 0 Å². The standard InChI is InChI=1S/C20H20O/c21-19-3-1-2-18-16-10-8-14-4-6-15(7-5-14)9-11-17(13-12-16)20(18)19/h4-7,12-13H,1-3,8-11H2. The zero-order valence-corrected chi connectivity index (χ0v) is 12.3. The van der Waals surface area contributed by atoms with Crippen LogP contribution in [0.1, 0.15) is 51.0 Å². The average molecular weight is 276 g/mol. The van der Waals surface area contributed by atoms with Gasteiger partial charge in [-0.15, -0.1) is 0 Å².